The fourth-order valence-corrected chi connectivity index (χ4v) is 4.68. The van der Waals surface area contributed by atoms with E-state index in [1.54, 1.807) is 42.5 Å². The van der Waals surface area contributed by atoms with E-state index in [0.717, 1.165) is 16.7 Å². The van der Waals surface area contributed by atoms with E-state index in [4.69, 9.17) is 36.3 Å². The Kier molecular flexibility index (Phi) is 8.66. The first kappa shape index (κ1) is 28.6. The van der Waals surface area contributed by atoms with Gasteiger partial charge in [0.25, 0.3) is 0 Å². The zero-order valence-electron chi connectivity index (χ0n) is 23.2. The van der Waals surface area contributed by atoms with E-state index in [2.05, 4.69) is 19.9 Å². The Morgan fingerprint density at radius 1 is 0.952 bits per heavy atom. The summed E-state index contributed by atoms with van der Waals surface area (Å²) in [5.74, 6) is 1.42. The molecular weight excluding hydrogens is 552 g/mol. The van der Waals surface area contributed by atoms with Gasteiger partial charge in [-0.25, -0.2) is 4.79 Å². The SMILES string of the molecule is CC(C)COc1ccc(C(=O)Oc2ccc3c(c2)OC(N)=C(C#N)C3c2ccc(OCc3ccccc3Cl)cc2)cc1. The average molecular weight is 581 g/mol. The molecule has 0 aliphatic carbocycles. The second kappa shape index (κ2) is 12.7. The zero-order valence-corrected chi connectivity index (χ0v) is 23.9. The van der Waals surface area contributed by atoms with Crippen molar-refractivity contribution >= 4 is 17.6 Å². The maximum Gasteiger partial charge on any atom is 0.343 e. The van der Waals surface area contributed by atoms with Crippen LogP contribution in [0.2, 0.25) is 5.02 Å². The van der Waals surface area contributed by atoms with E-state index in [-0.39, 0.29) is 17.2 Å². The fraction of sp³-hybridized carbons (Fsp3) is 0.176. The minimum atomic E-state index is -0.522. The molecule has 4 aromatic carbocycles. The largest absolute Gasteiger partial charge is 0.493 e. The number of nitriles is 1. The molecule has 8 heteroatoms. The van der Waals surface area contributed by atoms with Gasteiger partial charge >= 0.3 is 5.97 Å². The van der Waals surface area contributed by atoms with Crippen molar-refractivity contribution in [3.63, 3.8) is 0 Å². The van der Waals surface area contributed by atoms with E-state index in [1.165, 1.54) is 0 Å². The second-order valence-electron chi connectivity index (χ2n) is 10.2. The summed E-state index contributed by atoms with van der Waals surface area (Å²) < 4.78 is 23.0. The third kappa shape index (κ3) is 6.51. The summed E-state index contributed by atoms with van der Waals surface area (Å²) in [5, 5.41) is 10.5. The van der Waals surface area contributed by atoms with Crippen molar-refractivity contribution in [2.75, 3.05) is 6.61 Å². The normalized spacial score (nSPS) is 14.0. The highest BCUT2D eigenvalue weighted by atomic mass is 35.5. The second-order valence-corrected chi connectivity index (χ2v) is 10.6. The monoisotopic (exact) mass is 580 g/mol. The van der Waals surface area contributed by atoms with Crippen molar-refractivity contribution in [3.8, 4) is 29.1 Å². The van der Waals surface area contributed by atoms with Crippen LogP contribution in [0.25, 0.3) is 0 Å². The smallest absolute Gasteiger partial charge is 0.343 e. The van der Waals surface area contributed by atoms with Gasteiger partial charge in [-0.2, -0.15) is 5.26 Å². The minimum absolute atomic E-state index is 0.00508. The molecule has 212 valence electrons. The van der Waals surface area contributed by atoms with Gasteiger partial charge < -0.3 is 24.7 Å². The van der Waals surface area contributed by atoms with Crippen molar-refractivity contribution < 1.29 is 23.7 Å². The minimum Gasteiger partial charge on any atom is -0.493 e. The van der Waals surface area contributed by atoms with E-state index < -0.39 is 11.9 Å². The van der Waals surface area contributed by atoms with Gasteiger partial charge in [-0.15, -0.1) is 0 Å². The molecule has 1 atom stereocenters. The van der Waals surface area contributed by atoms with Gasteiger partial charge in [0.15, 0.2) is 0 Å². The summed E-state index contributed by atoms with van der Waals surface area (Å²) in [4.78, 5) is 12.8. The lowest BCUT2D eigenvalue weighted by Crippen LogP contribution is -2.21. The van der Waals surface area contributed by atoms with Crippen molar-refractivity contribution in [1.29, 1.82) is 5.26 Å². The van der Waals surface area contributed by atoms with Crippen molar-refractivity contribution in [3.05, 3.63) is 130 Å². The molecule has 4 aromatic rings. The maximum absolute atomic E-state index is 12.8. The van der Waals surface area contributed by atoms with Crippen LogP contribution in [0, 0.1) is 17.2 Å². The molecule has 2 N–H and O–H groups in total. The summed E-state index contributed by atoms with van der Waals surface area (Å²) in [6.45, 7) is 5.05. The quantitative estimate of drug-likeness (QED) is 0.162. The number of nitrogens with zero attached hydrogens (tertiary/aromatic N) is 1. The molecular formula is C34H29ClN2O5. The highest BCUT2D eigenvalue weighted by molar-refractivity contribution is 6.31. The Morgan fingerprint density at radius 3 is 2.31 bits per heavy atom. The molecule has 0 amide bonds. The number of ether oxygens (including phenoxy) is 4. The fourth-order valence-electron chi connectivity index (χ4n) is 4.49. The highest BCUT2D eigenvalue weighted by Crippen LogP contribution is 2.43. The van der Waals surface area contributed by atoms with Crippen LogP contribution in [-0.4, -0.2) is 12.6 Å². The van der Waals surface area contributed by atoms with E-state index in [9.17, 15) is 10.1 Å². The summed E-state index contributed by atoms with van der Waals surface area (Å²) in [6.07, 6.45) is 0. The number of hydrogen-bond donors (Lipinski definition) is 1. The topological polar surface area (TPSA) is 104 Å². The van der Waals surface area contributed by atoms with Crippen LogP contribution in [0.3, 0.4) is 0 Å². The first-order chi connectivity index (χ1) is 20.3. The predicted octanol–water partition coefficient (Wildman–Crippen LogP) is 7.39. The number of fused-ring (bicyclic) bond motifs is 1. The number of nitrogens with two attached hydrogens (primary N) is 1. The van der Waals surface area contributed by atoms with Crippen LogP contribution in [-0.2, 0) is 6.61 Å². The lowest BCUT2D eigenvalue weighted by atomic mass is 9.83. The van der Waals surface area contributed by atoms with Gasteiger partial charge in [0, 0.05) is 22.2 Å². The molecule has 1 aliphatic heterocycles. The van der Waals surface area contributed by atoms with E-state index in [1.807, 2.05) is 48.5 Å². The Hall–Kier alpha value is -4.93. The number of carbonyl (C=O) groups is 1. The molecule has 0 saturated heterocycles. The first-order valence-corrected chi connectivity index (χ1v) is 13.8. The molecule has 0 bridgehead atoms. The standard InChI is InChI=1S/C34H29ClN2O5/c1-21(2)19-39-25-13-9-23(10-14-25)34(38)41-27-15-16-28-31(17-27)42-33(37)29(18-36)32(28)22-7-11-26(12-8-22)40-20-24-5-3-4-6-30(24)35/h3-17,21,32H,19-20,37H2,1-2H3. The summed E-state index contributed by atoms with van der Waals surface area (Å²) >= 11 is 6.23. The van der Waals surface area contributed by atoms with Gasteiger partial charge in [-0.1, -0.05) is 61.8 Å². The average Bonchev–Trinajstić information content (AvgIpc) is 2.99. The van der Waals surface area contributed by atoms with Gasteiger partial charge in [0.2, 0.25) is 5.88 Å². The molecule has 0 saturated carbocycles. The number of allylic oxidation sites excluding steroid dienone is 1. The molecule has 1 heterocycles. The van der Waals surface area contributed by atoms with E-state index in [0.29, 0.717) is 47.0 Å². The zero-order chi connectivity index (χ0) is 29.6. The van der Waals surface area contributed by atoms with Crippen LogP contribution in [0.5, 0.6) is 23.0 Å². The van der Waals surface area contributed by atoms with Gasteiger partial charge in [0.1, 0.15) is 41.2 Å². The number of halogens is 1. The summed E-state index contributed by atoms with van der Waals surface area (Å²) in [5.41, 5.74) is 9.27. The molecule has 7 nitrogen and oxygen atoms in total. The van der Waals surface area contributed by atoms with E-state index >= 15 is 0 Å². The lowest BCUT2D eigenvalue weighted by Gasteiger charge is -2.26. The third-order valence-electron chi connectivity index (χ3n) is 6.64. The molecule has 42 heavy (non-hydrogen) atoms. The van der Waals surface area contributed by atoms with Gasteiger partial charge in [0.05, 0.1) is 18.1 Å². The molecule has 0 aromatic heterocycles. The molecule has 5 rings (SSSR count). The summed E-state index contributed by atoms with van der Waals surface area (Å²) in [6, 6.07) is 29.0. The molecule has 0 radical (unpaired) electrons. The Labute approximate surface area is 249 Å². The van der Waals surface area contributed by atoms with Crippen LogP contribution in [0.15, 0.2) is 102 Å². The van der Waals surface area contributed by atoms with Crippen molar-refractivity contribution in [1.82, 2.24) is 0 Å². The number of carbonyl (C=O) groups excluding carboxylic acids is 1. The van der Waals surface area contributed by atoms with Crippen LogP contribution < -0.4 is 24.7 Å². The summed E-state index contributed by atoms with van der Waals surface area (Å²) in [7, 11) is 0. The molecule has 1 unspecified atom stereocenters. The highest BCUT2D eigenvalue weighted by Gasteiger charge is 2.31. The van der Waals surface area contributed by atoms with Crippen LogP contribution in [0.4, 0.5) is 0 Å². The van der Waals surface area contributed by atoms with Crippen molar-refractivity contribution in [2.24, 2.45) is 11.7 Å². The van der Waals surface area contributed by atoms with Gasteiger partial charge in [-0.05, 0) is 60.0 Å². The molecule has 0 fully saturated rings. The Morgan fingerprint density at radius 2 is 1.62 bits per heavy atom. The number of rotatable bonds is 9. The number of esters is 1. The molecule has 1 aliphatic rings. The third-order valence-corrected chi connectivity index (χ3v) is 7.01. The van der Waals surface area contributed by atoms with Crippen molar-refractivity contribution in [2.45, 2.75) is 26.4 Å². The predicted molar refractivity (Wildman–Crippen MR) is 160 cm³/mol. The van der Waals surface area contributed by atoms with Gasteiger partial charge in [-0.3, -0.25) is 0 Å². The van der Waals surface area contributed by atoms with Crippen LogP contribution in [0.1, 0.15) is 46.8 Å². The Bertz CT molecular complexity index is 1660. The van der Waals surface area contributed by atoms with Crippen LogP contribution >= 0.6 is 11.6 Å². The molecule has 0 spiro atoms. The lowest BCUT2D eigenvalue weighted by molar-refractivity contribution is 0.0734. The number of hydrogen-bond acceptors (Lipinski definition) is 7. The maximum atomic E-state index is 12.8. The Balaban J connectivity index is 1.32. The number of benzene rings is 4. The first-order valence-electron chi connectivity index (χ1n) is 13.4.